The van der Waals surface area contributed by atoms with Crippen molar-refractivity contribution in [2.45, 2.75) is 33.1 Å². The lowest BCUT2D eigenvalue weighted by Crippen LogP contribution is -2.36. The Balaban J connectivity index is 2.58. The molecule has 0 radical (unpaired) electrons. The summed E-state index contributed by atoms with van der Waals surface area (Å²) in [5.74, 6) is -2.02. The molecule has 0 saturated heterocycles. The second-order valence-corrected chi connectivity index (χ2v) is 6.73. The molecule has 1 aromatic rings. The van der Waals surface area contributed by atoms with E-state index in [0.717, 1.165) is 6.29 Å². The zero-order valence-corrected chi connectivity index (χ0v) is 15.0. The van der Waals surface area contributed by atoms with E-state index in [-0.39, 0.29) is 41.9 Å². The van der Waals surface area contributed by atoms with Gasteiger partial charge in [-0.2, -0.15) is 0 Å². The van der Waals surface area contributed by atoms with Crippen LogP contribution in [0.3, 0.4) is 0 Å². The minimum Gasteiger partial charge on any atom is -0.512 e. The zero-order chi connectivity index (χ0) is 19.4. The third kappa shape index (κ3) is 3.76. The van der Waals surface area contributed by atoms with E-state index in [4.69, 9.17) is 4.74 Å². The highest BCUT2D eigenvalue weighted by molar-refractivity contribution is 5.92. The second kappa shape index (κ2) is 8.12. The Morgan fingerprint density at radius 2 is 2.00 bits per heavy atom. The Kier molecular flexibility index (Phi) is 6.13. The van der Waals surface area contributed by atoms with Crippen molar-refractivity contribution < 1.29 is 24.4 Å². The molecule has 0 unspecified atom stereocenters. The zero-order valence-electron chi connectivity index (χ0n) is 15.0. The van der Waals surface area contributed by atoms with Gasteiger partial charge in [0.25, 0.3) is 5.69 Å². The van der Waals surface area contributed by atoms with Crippen LogP contribution in [0.25, 0.3) is 0 Å². The summed E-state index contributed by atoms with van der Waals surface area (Å²) in [6.07, 6.45) is 1.03. The number of rotatable bonds is 6. The van der Waals surface area contributed by atoms with Crippen LogP contribution in [-0.4, -0.2) is 28.9 Å². The minimum atomic E-state index is -0.700. The van der Waals surface area contributed by atoms with Crippen molar-refractivity contribution in [3.05, 3.63) is 51.3 Å². The normalized spacial score (nSPS) is 23.0. The van der Waals surface area contributed by atoms with E-state index in [1.165, 1.54) is 24.3 Å². The quantitative estimate of drug-likeness (QED) is 0.359. The van der Waals surface area contributed by atoms with Crippen molar-refractivity contribution in [2.75, 3.05) is 6.61 Å². The standard InChI is InChI=1S/C19H23NO6/c1-4-26-19(23)18-16(22)9-14(11(2)3)15(10-21)17(18)12-5-7-13(8-6-12)20(24)25/h5-8,10-11,14-15,17,22H,4,9H2,1-3H3/t14-,15+,17-/m1/s1. The lowest BCUT2D eigenvalue weighted by atomic mass is 9.65. The first kappa shape index (κ1) is 19.6. The summed E-state index contributed by atoms with van der Waals surface area (Å²) >= 11 is 0. The molecule has 1 aromatic carbocycles. The molecule has 0 fully saturated rings. The van der Waals surface area contributed by atoms with Crippen molar-refractivity contribution in [1.82, 2.24) is 0 Å². The van der Waals surface area contributed by atoms with Crippen LogP contribution in [0.15, 0.2) is 35.6 Å². The van der Waals surface area contributed by atoms with E-state index < -0.39 is 22.7 Å². The Hall–Kier alpha value is -2.70. The molecular weight excluding hydrogens is 338 g/mol. The Bertz CT molecular complexity index is 722. The van der Waals surface area contributed by atoms with Gasteiger partial charge >= 0.3 is 5.97 Å². The monoisotopic (exact) mass is 361 g/mol. The number of benzene rings is 1. The molecule has 0 aliphatic heterocycles. The first-order valence-electron chi connectivity index (χ1n) is 8.60. The third-order valence-electron chi connectivity index (χ3n) is 4.90. The van der Waals surface area contributed by atoms with E-state index in [9.17, 15) is 24.8 Å². The summed E-state index contributed by atoms with van der Waals surface area (Å²) in [6, 6.07) is 5.70. The van der Waals surface area contributed by atoms with E-state index in [0.29, 0.717) is 5.56 Å². The number of ether oxygens (including phenoxy) is 1. The highest BCUT2D eigenvalue weighted by Crippen LogP contribution is 2.46. The number of carbonyl (C=O) groups excluding carboxylic acids is 2. The molecule has 2 rings (SSSR count). The maximum Gasteiger partial charge on any atom is 0.338 e. The van der Waals surface area contributed by atoms with Gasteiger partial charge in [-0.25, -0.2) is 4.79 Å². The number of nitro groups is 1. The van der Waals surface area contributed by atoms with Gasteiger partial charge in [-0.15, -0.1) is 0 Å². The van der Waals surface area contributed by atoms with E-state index in [2.05, 4.69) is 0 Å². The summed E-state index contributed by atoms with van der Waals surface area (Å²) in [4.78, 5) is 34.7. The molecule has 7 heteroatoms. The average molecular weight is 361 g/mol. The van der Waals surface area contributed by atoms with Gasteiger partial charge in [-0.1, -0.05) is 26.0 Å². The number of hydrogen-bond donors (Lipinski definition) is 1. The van der Waals surface area contributed by atoms with Crippen LogP contribution >= 0.6 is 0 Å². The molecule has 0 saturated carbocycles. The molecule has 140 valence electrons. The number of aldehydes is 1. The summed E-state index contributed by atoms with van der Waals surface area (Å²) in [6.45, 7) is 5.71. The van der Waals surface area contributed by atoms with Crippen LogP contribution in [0.4, 0.5) is 5.69 Å². The van der Waals surface area contributed by atoms with Crippen LogP contribution in [-0.2, 0) is 14.3 Å². The van der Waals surface area contributed by atoms with Crippen LogP contribution in [0.2, 0.25) is 0 Å². The summed E-state index contributed by atoms with van der Waals surface area (Å²) in [7, 11) is 0. The molecule has 0 amide bonds. The topological polar surface area (TPSA) is 107 Å². The Morgan fingerprint density at radius 3 is 2.46 bits per heavy atom. The maximum atomic E-state index is 12.4. The molecule has 3 atom stereocenters. The molecule has 0 spiro atoms. The van der Waals surface area contributed by atoms with Gasteiger partial charge < -0.3 is 14.6 Å². The molecule has 7 nitrogen and oxygen atoms in total. The van der Waals surface area contributed by atoms with E-state index >= 15 is 0 Å². The fraction of sp³-hybridized carbons (Fsp3) is 0.474. The molecule has 1 aliphatic rings. The van der Waals surface area contributed by atoms with Crippen LogP contribution in [0.1, 0.15) is 38.7 Å². The second-order valence-electron chi connectivity index (χ2n) is 6.73. The lowest BCUT2D eigenvalue weighted by molar-refractivity contribution is -0.384. The molecular formula is C19H23NO6. The predicted molar refractivity (Wildman–Crippen MR) is 94.6 cm³/mol. The summed E-state index contributed by atoms with van der Waals surface area (Å²) in [5.41, 5.74) is 0.542. The number of allylic oxidation sites excluding steroid dienone is 1. The number of nitro benzene ring substituents is 1. The molecule has 26 heavy (non-hydrogen) atoms. The fourth-order valence-corrected chi connectivity index (χ4v) is 3.59. The molecule has 1 aliphatic carbocycles. The van der Waals surface area contributed by atoms with Gasteiger partial charge in [0, 0.05) is 30.4 Å². The number of carbonyl (C=O) groups is 2. The van der Waals surface area contributed by atoms with Crippen LogP contribution < -0.4 is 0 Å². The molecule has 1 N–H and O–H groups in total. The van der Waals surface area contributed by atoms with E-state index in [1.807, 2.05) is 13.8 Å². The first-order chi connectivity index (χ1) is 12.3. The smallest absolute Gasteiger partial charge is 0.338 e. The van der Waals surface area contributed by atoms with Crippen LogP contribution in [0.5, 0.6) is 0 Å². The van der Waals surface area contributed by atoms with Crippen LogP contribution in [0, 0.1) is 27.9 Å². The minimum absolute atomic E-state index is 0.0645. The summed E-state index contributed by atoms with van der Waals surface area (Å²) in [5, 5.41) is 21.4. The lowest BCUT2D eigenvalue weighted by Gasteiger charge is -2.38. The number of aliphatic hydroxyl groups is 1. The first-order valence-corrected chi connectivity index (χ1v) is 8.60. The predicted octanol–water partition coefficient (Wildman–Crippen LogP) is 3.54. The van der Waals surface area contributed by atoms with Crippen molar-refractivity contribution >= 4 is 17.9 Å². The van der Waals surface area contributed by atoms with Gasteiger partial charge in [-0.3, -0.25) is 10.1 Å². The van der Waals surface area contributed by atoms with Crippen molar-refractivity contribution in [2.24, 2.45) is 17.8 Å². The number of nitrogens with zero attached hydrogens (tertiary/aromatic N) is 1. The van der Waals surface area contributed by atoms with Gasteiger partial charge in [0.15, 0.2) is 0 Å². The van der Waals surface area contributed by atoms with Crippen molar-refractivity contribution in [1.29, 1.82) is 0 Å². The van der Waals surface area contributed by atoms with Gasteiger partial charge in [-0.05, 0) is 24.3 Å². The SMILES string of the molecule is CCOC(=O)C1=C(O)C[C@H](C(C)C)[C@H](C=O)[C@H]1c1ccc([N+](=O)[O-])cc1. The number of aliphatic hydroxyl groups excluding tert-OH is 1. The number of non-ortho nitro benzene ring substituents is 1. The Labute approximate surface area is 151 Å². The summed E-state index contributed by atoms with van der Waals surface area (Å²) < 4.78 is 5.07. The molecule has 0 heterocycles. The van der Waals surface area contributed by atoms with Crippen molar-refractivity contribution in [3.8, 4) is 0 Å². The van der Waals surface area contributed by atoms with Gasteiger partial charge in [0.2, 0.25) is 0 Å². The highest BCUT2D eigenvalue weighted by atomic mass is 16.6. The largest absolute Gasteiger partial charge is 0.512 e. The molecule has 0 bridgehead atoms. The van der Waals surface area contributed by atoms with E-state index in [1.54, 1.807) is 6.92 Å². The third-order valence-corrected chi connectivity index (χ3v) is 4.90. The van der Waals surface area contributed by atoms with Gasteiger partial charge in [0.05, 0.1) is 17.1 Å². The number of esters is 1. The maximum absolute atomic E-state index is 12.4. The highest BCUT2D eigenvalue weighted by Gasteiger charge is 2.43. The Morgan fingerprint density at radius 1 is 1.38 bits per heavy atom. The van der Waals surface area contributed by atoms with Gasteiger partial charge in [0.1, 0.15) is 12.0 Å². The average Bonchev–Trinajstić information content (AvgIpc) is 2.60. The van der Waals surface area contributed by atoms with Crippen molar-refractivity contribution in [3.63, 3.8) is 0 Å². The fourth-order valence-electron chi connectivity index (χ4n) is 3.59. The number of hydrogen-bond acceptors (Lipinski definition) is 6. The molecule has 0 aromatic heterocycles.